The molecule has 1 saturated heterocycles. The highest BCUT2D eigenvalue weighted by atomic mass is 19.1. The molecular formula is C21H24FN5O. The van der Waals surface area contributed by atoms with Gasteiger partial charge in [0.05, 0.1) is 16.9 Å². The fourth-order valence-corrected chi connectivity index (χ4v) is 4.38. The van der Waals surface area contributed by atoms with Crippen molar-refractivity contribution in [3.8, 4) is 0 Å². The second-order valence-corrected chi connectivity index (χ2v) is 7.80. The zero-order valence-corrected chi connectivity index (χ0v) is 16.0. The topological polar surface area (TPSA) is 43.8 Å². The molecule has 0 aliphatic carbocycles. The van der Waals surface area contributed by atoms with E-state index >= 15 is 0 Å². The first kappa shape index (κ1) is 17.3. The minimum atomic E-state index is -0.138. The lowest BCUT2D eigenvalue weighted by Crippen LogP contribution is -2.46. The average Bonchev–Trinajstić information content (AvgIpc) is 3.08. The number of halogens is 1. The van der Waals surface area contributed by atoms with Crippen molar-refractivity contribution in [2.75, 3.05) is 45.1 Å². The van der Waals surface area contributed by atoms with Gasteiger partial charge in [-0.15, -0.1) is 0 Å². The minimum Gasteiger partial charge on any atom is -0.365 e. The summed E-state index contributed by atoms with van der Waals surface area (Å²) in [5.41, 5.74) is 3.89. The fraction of sp³-hybridized carbons (Fsp3) is 0.381. The number of hydrogen-bond acceptors (Lipinski definition) is 4. The zero-order valence-electron chi connectivity index (χ0n) is 16.0. The Morgan fingerprint density at radius 2 is 2.00 bits per heavy atom. The van der Waals surface area contributed by atoms with Crippen molar-refractivity contribution in [3.05, 3.63) is 53.8 Å². The Hall–Kier alpha value is -2.80. The van der Waals surface area contributed by atoms with Gasteiger partial charge >= 0.3 is 0 Å². The van der Waals surface area contributed by atoms with Gasteiger partial charge in [0.1, 0.15) is 6.54 Å². The van der Waals surface area contributed by atoms with Crippen LogP contribution in [0.25, 0.3) is 10.9 Å². The zero-order chi connectivity index (χ0) is 19.3. The van der Waals surface area contributed by atoms with Gasteiger partial charge in [-0.05, 0) is 29.8 Å². The quantitative estimate of drug-likeness (QED) is 0.829. The Balaban J connectivity index is 1.29. The number of rotatable bonds is 3. The van der Waals surface area contributed by atoms with Gasteiger partial charge in [-0.1, -0.05) is 6.08 Å². The van der Waals surface area contributed by atoms with Gasteiger partial charge in [-0.2, -0.15) is 4.39 Å². The number of nitrogens with one attached hydrogen (secondary N) is 1. The highest BCUT2D eigenvalue weighted by molar-refractivity contribution is 6.04. The molecule has 1 aromatic heterocycles. The molecule has 6 nitrogen and oxygen atoms in total. The lowest BCUT2D eigenvalue weighted by atomic mass is 10.1. The summed E-state index contributed by atoms with van der Waals surface area (Å²) in [6.07, 6.45) is 5.88. The third-order valence-corrected chi connectivity index (χ3v) is 5.83. The first-order chi connectivity index (χ1) is 13.6. The van der Waals surface area contributed by atoms with E-state index in [1.807, 2.05) is 22.9 Å². The van der Waals surface area contributed by atoms with E-state index in [1.54, 1.807) is 11.9 Å². The summed E-state index contributed by atoms with van der Waals surface area (Å²) in [7, 11) is 1.78. The first-order valence-electron chi connectivity index (χ1n) is 9.75. The molecule has 1 fully saturated rings. The number of benzene rings is 1. The summed E-state index contributed by atoms with van der Waals surface area (Å²) >= 11 is 0. The average molecular weight is 381 g/mol. The summed E-state index contributed by atoms with van der Waals surface area (Å²) in [6, 6.07) is 6.37. The Labute approximate surface area is 163 Å². The largest absolute Gasteiger partial charge is 0.365 e. The molecule has 3 aliphatic rings. The van der Waals surface area contributed by atoms with E-state index in [1.165, 1.54) is 5.56 Å². The van der Waals surface area contributed by atoms with Crippen LogP contribution in [0.2, 0.25) is 0 Å². The number of allylic oxidation sites excluding steroid dienone is 1. The molecular weight excluding hydrogens is 357 g/mol. The molecule has 0 atom stereocenters. The van der Waals surface area contributed by atoms with E-state index < -0.39 is 0 Å². The van der Waals surface area contributed by atoms with Gasteiger partial charge < -0.3 is 19.7 Å². The molecule has 3 aliphatic heterocycles. The van der Waals surface area contributed by atoms with Crippen molar-refractivity contribution in [1.29, 1.82) is 0 Å². The summed E-state index contributed by atoms with van der Waals surface area (Å²) in [5.74, 6) is -0.114. The van der Waals surface area contributed by atoms with Crippen LogP contribution in [0.1, 0.15) is 5.56 Å². The number of anilines is 1. The molecule has 0 spiro atoms. The molecule has 28 heavy (non-hydrogen) atoms. The van der Waals surface area contributed by atoms with E-state index in [9.17, 15) is 9.18 Å². The fourth-order valence-electron chi connectivity index (χ4n) is 4.38. The molecule has 4 heterocycles. The van der Waals surface area contributed by atoms with Crippen molar-refractivity contribution in [2.45, 2.75) is 13.1 Å². The lowest BCUT2D eigenvalue weighted by molar-refractivity contribution is -0.116. The number of carbonyl (C=O) groups is 1. The predicted molar refractivity (Wildman–Crippen MR) is 107 cm³/mol. The van der Waals surface area contributed by atoms with E-state index in [4.69, 9.17) is 0 Å². The number of aromatic nitrogens is 1. The standard InChI is InChI=1S/C21H24FN5O/c1-24-5-2-3-18(21(24)22)26-9-7-25(8-10-26)13-15-11-16-4-6-27-14-19(28)23-17(12-15)20(16)27/h2-4,6,11-12H,5,7-10,13-14H2,1H3,(H,23,28). The number of nitrogens with zero attached hydrogens (tertiary/aromatic N) is 4. The molecule has 1 amide bonds. The lowest BCUT2D eigenvalue weighted by Gasteiger charge is -2.38. The van der Waals surface area contributed by atoms with Crippen LogP contribution in [0.4, 0.5) is 10.1 Å². The number of piperazine rings is 1. The summed E-state index contributed by atoms with van der Waals surface area (Å²) in [4.78, 5) is 18.1. The highest BCUT2D eigenvalue weighted by Gasteiger charge is 2.24. The van der Waals surface area contributed by atoms with Crippen LogP contribution in [0.5, 0.6) is 0 Å². The van der Waals surface area contributed by atoms with Crippen molar-refractivity contribution in [2.24, 2.45) is 0 Å². The second-order valence-electron chi connectivity index (χ2n) is 7.80. The van der Waals surface area contributed by atoms with Crippen LogP contribution >= 0.6 is 0 Å². The predicted octanol–water partition coefficient (Wildman–Crippen LogP) is 2.35. The van der Waals surface area contributed by atoms with Crippen LogP contribution in [0.15, 0.2) is 48.2 Å². The van der Waals surface area contributed by atoms with Gasteiger partial charge in [-0.3, -0.25) is 9.69 Å². The van der Waals surface area contributed by atoms with E-state index in [2.05, 4.69) is 33.3 Å². The minimum absolute atomic E-state index is 0.0246. The Kier molecular flexibility index (Phi) is 4.12. The summed E-state index contributed by atoms with van der Waals surface area (Å²) in [5, 5.41) is 4.16. The second kappa shape index (κ2) is 6.67. The molecule has 5 rings (SSSR count). The van der Waals surface area contributed by atoms with Gasteiger partial charge in [0.15, 0.2) is 0 Å². The smallest absolute Gasteiger partial charge is 0.244 e. The maximum Gasteiger partial charge on any atom is 0.244 e. The monoisotopic (exact) mass is 381 g/mol. The van der Waals surface area contributed by atoms with Crippen molar-refractivity contribution < 1.29 is 9.18 Å². The van der Waals surface area contributed by atoms with E-state index in [0.717, 1.165) is 49.3 Å². The van der Waals surface area contributed by atoms with E-state index in [-0.39, 0.29) is 11.9 Å². The van der Waals surface area contributed by atoms with E-state index in [0.29, 0.717) is 18.8 Å². The molecule has 7 heteroatoms. The third-order valence-electron chi connectivity index (χ3n) is 5.83. The van der Waals surface area contributed by atoms with Crippen LogP contribution < -0.4 is 5.32 Å². The van der Waals surface area contributed by atoms with Gasteiger partial charge in [-0.25, -0.2) is 0 Å². The molecule has 1 N–H and O–H groups in total. The molecule has 146 valence electrons. The maximum absolute atomic E-state index is 14.4. The summed E-state index contributed by atoms with van der Waals surface area (Å²) < 4.78 is 16.4. The van der Waals surface area contributed by atoms with Crippen LogP contribution in [-0.4, -0.2) is 64.9 Å². The molecule has 0 bridgehead atoms. The Morgan fingerprint density at radius 3 is 2.82 bits per heavy atom. The Bertz CT molecular complexity index is 1000. The third kappa shape index (κ3) is 2.96. The number of likely N-dealkylation sites (N-methyl/N-ethyl adjacent to an activating group) is 1. The number of amides is 1. The van der Waals surface area contributed by atoms with Gasteiger partial charge in [0.2, 0.25) is 11.9 Å². The number of hydrogen-bond donors (Lipinski definition) is 1. The molecule has 0 unspecified atom stereocenters. The normalized spacial score (nSPS) is 20.3. The summed E-state index contributed by atoms with van der Waals surface area (Å²) in [6.45, 7) is 5.22. The van der Waals surface area contributed by atoms with Gasteiger partial charge in [0.25, 0.3) is 0 Å². The Morgan fingerprint density at radius 1 is 1.18 bits per heavy atom. The van der Waals surface area contributed by atoms with Crippen LogP contribution in [-0.2, 0) is 17.9 Å². The molecule has 0 saturated carbocycles. The SMILES string of the molecule is CN1CC=CC(N2CCN(Cc3cc4c5c(ccn5CC(=O)N4)c3)CC2)=C1F. The van der Waals surface area contributed by atoms with Gasteiger partial charge in [0, 0.05) is 57.9 Å². The highest BCUT2D eigenvalue weighted by Crippen LogP contribution is 2.30. The van der Waals surface area contributed by atoms with Crippen molar-refractivity contribution in [3.63, 3.8) is 0 Å². The van der Waals surface area contributed by atoms with Crippen molar-refractivity contribution in [1.82, 2.24) is 19.3 Å². The van der Waals surface area contributed by atoms with Crippen molar-refractivity contribution >= 4 is 22.5 Å². The van der Waals surface area contributed by atoms with Crippen LogP contribution in [0.3, 0.4) is 0 Å². The molecule has 1 aromatic carbocycles. The maximum atomic E-state index is 14.4. The number of carbonyl (C=O) groups excluding carboxylic acids is 1. The molecule has 2 aromatic rings. The van der Waals surface area contributed by atoms with Crippen LogP contribution in [0, 0.1) is 0 Å². The first-order valence-corrected chi connectivity index (χ1v) is 9.75. The molecule has 0 radical (unpaired) electrons.